The van der Waals surface area contributed by atoms with Gasteiger partial charge in [0.05, 0.1) is 6.10 Å². The van der Waals surface area contributed by atoms with Gasteiger partial charge in [-0.25, -0.2) is 9.97 Å². The van der Waals surface area contributed by atoms with E-state index in [0.717, 1.165) is 12.0 Å². The molecule has 1 rings (SSSR count). The average Bonchev–Trinajstić information content (AvgIpc) is 2.18. The van der Waals surface area contributed by atoms with Gasteiger partial charge in [0.15, 0.2) is 0 Å². The molecule has 0 saturated heterocycles. The monoisotopic (exact) mass is 271 g/mol. The van der Waals surface area contributed by atoms with Gasteiger partial charge in [-0.05, 0) is 25.7 Å². The first-order valence-corrected chi connectivity index (χ1v) is 6.49. The summed E-state index contributed by atoms with van der Waals surface area (Å²) in [7, 11) is 0. The van der Waals surface area contributed by atoms with Crippen LogP contribution in [0.4, 0.5) is 5.82 Å². The van der Waals surface area contributed by atoms with E-state index in [9.17, 15) is 5.11 Å². The first-order valence-electron chi connectivity index (χ1n) is 6.12. The van der Waals surface area contributed by atoms with E-state index >= 15 is 0 Å². The second-order valence-corrected chi connectivity index (χ2v) is 6.19. The number of aliphatic hydroxyl groups is 1. The van der Waals surface area contributed by atoms with Crippen LogP contribution in [0.1, 0.15) is 38.6 Å². The molecule has 0 aliphatic carbocycles. The van der Waals surface area contributed by atoms with Crippen molar-refractivity contribution in [2.24, 2.45) is 5.41 Å². The molecular weight excluding hydrogens is 250 g/mol. The summed E-state index contributed by atoms with van der Waals surface area (Å²) in [5.74, 6) is 1.32. The van der Waals surface area contributed by atoms with Crippen molar-refractivity contribution in [1.82, 2.24) is 9.97 Å². The Morgan fingerprint density at radius 3 is 2.44 bits per heavy atom. The number of halogens is 1. The Kier molecular flexibility index (Phi) is 4.93. The van der Waals surface area contributed by atoms with Crippen LogP contribution in [-0.2, 0) is 0 Å². The van der Waals surface area contributed by atoms with Crippen molar-refractivity contribution < 1.29 is 5.11 Å². The third-order valence-electron chi connectivity index (χ3n) is 2.55. The van der Waals surface area contributed by atoms with E-state index in [1.54, 1.807) is 6.92 Å². The lowest BCUT2D eigenvalue weighted by atomic mass is 9.89. The number of aromatic nitrogens is 2. The average molecular weight is 272 g/mol. The van der Waals surface area contributed by atoms with Crippen LogP contribution in [0, 0.1) is 19.3 Å². The summed E-state index contributed by atoms with van der Waals surface area (Å²) in [6, 6.07) is 0. The third-order valence-corrected chi connectivity index (χ3v) is 2.92. The summed E-state index contributed by atoms with van der Waals surface area (Å²) >= 11 is 5.99. The predicted molar refractivity (Wildman–Crippen MR) is 75.1 cm³/mol. The molecule has 0 bridgehead atoms. The predicted octanol–water partition coefficient (Wildman–Crippen LogP) is 2.96. The van der Waals surface area contributed by atoms with Crippen molar-refractivity contribution in [3.05, 3.63) is 16.5 Å². The van der Waals surface area contributed by atoms with Gasteiger partial charge in [0.2, 0.25) is 0 Å². The van der Waals surface area contributed by atoms with Crippen molar-refractivity contribution in [1.29, 1.82) is 0 Å². The van der Waals surface area contributed by atoms with Gasteiger partial charge in [-0.1, -0.05) is 32.4 Å². The number of anilines is 1. The lowest BCUT2D eigenvalue weighted by molar-refractivity contribution is 0.132. The maximum Gasteiger partial charge on any atom is 0.137 e. The first kappa shape index (κ1) is 15.2. The summed E-state index contributed by atoms with van der Waals surface area (Å²) in [6.45, 7) is 10.4. The van der Waals surface area contributed by atoms with Crippen LogP contribution in [0.15, 0.2) is 0 Å². The zero-order valence-electron chi connectivity index (χ0n) is 11.7. The minimum atomic E-state index is -0.404. The zero-order valence-corrected chi connectivity index (χ0v) is 12.5. The molecule has 0 aromatic carbocycles. The van der Waals surface area contributed by atoms with Crippen molar-refractivity contribution in [3.8, 4) is 0 Å². The van der Waals surface area contributed by atoms with Crippen LogP contribution in [-0.4, -0.2) is 27.7 Å². The van der Waals surface area contributed by atoms with Gasteiger partial charge >= 0.3 is 0 Å². The van der Waals surface area contributed by atoms with E-state index in [2.05, 4.69) is 36.1 Å². The Morgan fingerprint density at radius 1 is 1.28 bits per heavy atom. The van der Waals surface area contributed by atoms with Crippen LogP contribution in [0.5, 0.6) is 0 Å². The Morgan fingerprint density at radius 2 is 1.89 bits per heavy atom. The molecule has 0 fully saturated rings. The quantitative estimate of drug-likeness (QED) is 0.827. The van der Waals surface area contributed by atoms with Crippen molar-refractivity contribution in [2.45, 2.75) is 47.1 Å². The molecule has 0 spiro atoms. The summed E-state index contributed by atoms with van der Waals surface area (Å²) in [4.78, 5) is 8.36. The summed E-state index contributed by atoms with van der Waals surface area (Å²) in [5.41, 5.74) is 0.917. The standard InChI is InChI=1S/C13H22ClN3O/c1-8-11(14)16-9(2)17-12(8)15-7-10(18)6-13(3,4)5/h10,18H,6-7H2,1-5H3,(H,15,16,17). The largest absolute Gasteiger partial charge is 0.391 e. The first-order chi connectivity index (χ1) is 8.19. The fourth-order valence-electron chi connectivity index (χ4n) is 1.76. The lowest BCUT2D eigenvalue weighted by Gasteiger charge is -2.23. The highest BCUT2D eigenvalue weighted by Gasteiger charge is 2.17. The van der Waals surface area contributed by atoms with Crippen molar-refractivity contribution in [3.63, 3.8) is 0 Å². The smallest absolute Gasteiger partial charge is 0.137 e. The van der Waals surface area contributed by atoms with Gasteiger partial charge in [-0.3, -0.25) is 0 Å². The van der Waals surface area contributed by atoms with Crippen molar-refractivity contribution in [2.75, 3.05) is 11.9 Å². The maximum atomic E-state index is 9.94. The minimum Gasteiger partial charge on any atom is -0.391 e. The molecule has 0 aliphatic rings. The molecule has 1 heterocycles. The van der Waals surface area contributed by atoms with Gasteiger partial charge in [-0.15, -0.1) is 0 Å². The fraction of sp³-hybridized carbons (Fsp3) is 0.692. The highest BCUT2D eigenvalue weighted by molar-refractivity contribution is 6.30. The molecule has 1 atom stereocenters. The molecule has 0 amide bonds. The Hall–Kier alpha value is -0.870. The summed E-state index contributed by atoms with van der Waals surface area (Å²) < 4.78 is 0. The number of rotatable bonds is 4. The fourth-order valence-corrected chi connectivity index (χ4v) is 1.97. The zero-order chi connectivity index (χ0) is 13.9. The van der Waals surface area contributed by atoms with Crippen LogP contribution in [0.25, 0.3) is 0 Å². The van der Waals surface area contributed by atoms with Crippen LogP contribution in [0.3, 0.4) is 0 Å². The van der Waals surface area contributed by atoms with E-state index in [-0.39, 0.29) is 5.41 Å². The summed E-state index contributed by atoms with van der Waals surface area (Å²) in [6.07, 6.45) is 0.329. The number of aryl methyl sites for hydroxylation is 1. The third kappa shape index (κ3) is 4.78. The molecular formula is C13H22ClN3O. The Balaban J connectivity index is 2.64. The Labute approximate surface area is 114 Å². The maximum absolute atomic E-state index is 9.94. The van der Waals surface area contributed by atoms with Gasteiger partial charge in [0.25, 0.3) is 0 Å². The summed E-state index contributed by atoms with van der Waals surface area (Å²) in [5, 5.41) is 13.5. The van der Waals surface area contributed by atoms with E-state index in [1.807, 2.05) is 6.92 Å². The topological polar surface area (TPSA) is 58.0 Å². The molecule has 18 heavy (non-hydrogen) atoms. The van der Waals surface area contributed by atoms with Gasteiger partial charge < -0.3 is 10.4 Å². The van der Waals surface area contributed by atoms with E-state index in [0.29, 0.717) is 23.3 Å². The van der Waals surface area contributed by atoms with Crippen LogP contribution < -0.4 is 5.32 Å². The van der Waals surface area contributed by atoms with E-state index in [1.165, 1.54) is 0 Å². The Bertz CT molecular complexity index is 415. The highest BCUT2D eigenvalue weighted by Crippen LogP contribution is 2.22. The van der Waals surface area contributed by atoms with E-state index < -0.39 is 6.10 Å². The van der Waals surface area contributed by atoms with E-state index in [4.69, 9.17) is 11.6 Å². The normalized spacial score (nSPS) is 13.5. The lowest BCUT2D eigenvalue weighted by Crippen LogP contribution is -2.25. The molecule has 1 aromatic rings. The molecule has 5 heteroatoms. The molecule has 0 radical (unpaired) electrons. The number of nitrogens with zero attached hydrogens (tertiary/aromatic N) is 2. The van der Waals surface area contributed by atoms with Crippen LogP contribution >= 0.6 is 11.6 Å². The molecule has 1 aromatic heterocycles. The molecule has 4 nitrogen and oxygen atoms in total. The second kappa shape index (κ2) is 5.85. The molecule has 0 saturated carbocycles. The van der Waals surface area contributed by atoms with Gasteiger partial charge in [0, 0.05) is 12.1 Å². The number of hydrogen-bond acceptors (Lipinski definition) is 4. The molecule has 2 N–H and O–H groups in total. The number of hydrogen-bond donors (Lipinski definition) is 2. The van der Waals surface area contributed by atoms with Gasteiger partial charge in [-0.2, -0.15) is 0 Å². The highest BCUT2D eigenvalue weighted by atomic mass is 35.5. The van der Waals surface area contributed by atoms with Gasteiger partial charge in [0.1, 0.15) is 16.8 Å². The molecule has 0 aliphatic heterocycles. The number of nitrogens with one attached hydrogen (secondary N) is 1. The van der Waals surface area contributed by atoms with Crippen molar-refractivity contribution >= 4 is 17.4 Å². The second-order valence-electron chi connectivity index (χ2n) is 5.83. The molecule has 102 valence electrons. The SMILES string of the molecule is Cc1nc(Cl)c(C)c(NCC(O)CC(C)(C)C)n1. The number of aliphatic hydroxyl groups excluding tert-OH is 1. The molecule has 1 unspecified atom stereocenters. The van der Waals surface area contributed by atoms with Crippen LogP contribution in [0.2, 0.25) is 5.15 Å². The minimum absolute atomic E-state index is 0.107.